The van der Waals surface area contributed by atoms with Crippen LogP contribution in [-0.4, -0.2) is 48.7 Å². The third kappa shape index (κ3) is 2.79. The Labute approximate surface area is 72.6 Å². The number of aliphatic carboxylic acids is 1. The van der Waals surface area contributed by atoms with Crippen LogP contribution in [0.1, 0.15) is 12.8 Å². The quantitative estimate of drug-likeness (QED) is 0.616. The monoisotopic (exact) mass is 172 g/mol. The summed E-state index contributed by atoms with van der Waals surface area (Å²) < 4.78 is 0. The molecule has 0 saturated carbocycles. The topological polar surface area (TPSA) is 52.6 Å². The van der Waals surface area contributed by atoms with Crippen LogP contribution in [-0.2, 0) is 4.79 Å². The van der Waals surface area contributed by atoms with Crippen molar-refractivity contribution < 1.29 is 9.90 Å². The number of carboxylic acids is 1. The zero-order valence-electron chi connectivity index (χ0n) is 7.42. The highest BCUT2D eigenvalue weighted by atomic mass is 16.4. The summed E-state index contributed by atoms with van der Waals surface area (Å²) in [6.45, 7) is 2.13. The molecule has 1 atom stereocenters. The highest BCUT2D eigenvalue weighted by molar-refractivity contribution is 5.69. The Balaban J connectivity index is 2.29. The number of rotatable bonds is 3. The molecule has 12 heavy (non-hydrogen) atoms. The fourth-order valence-corrected chi connectivity index (χ4v) is 1.55. The molecule has 0 radical (unpaired) electrons. The second-order valence-electron chi connectivity index (χ2n) is 3.31. The van der Waals surface area contributed by atoms with Crippen LogP contribution in [0.2, 0.25) is 0 Å². The largest absolute Gasteiger partial charge is 0.480 e. The molecule has 0 aromatic rings. The third-order valence-corrected chi connectivity index (χ3v) is 2.28. The molecular formula is C8H16N2O2. The van der Waals surface area contributed by atoms with E-state index in [9.17, 15) is 4.79 Å². The van der Waals surface area contributed by atoms with Gasteiger partial charge in [0.05, 0.1) is 6.54 Å². The molecule has 0 aromatic carbocycles. The normalized spacial score (nSPS) is 24.3. The van der Waals surface area contributed by atoms with E-state index in [1.807, 2.05) is 11.9 Å². The van der Waals surface area contributed by atoms with Crippen LogP contribution < -0.4 is 5.32 Å². The summed E-state index contributed by atoms with van der Waals surface area (Å²) in [4.78, 5) is 12.3. The first-order valence-electron chi connectivity index (χ1n) is 4.33. The first-order valence-corrected chi connectivity index (χ1v) is 4.33. The van der Waals surface area contributed by atoms with E-state index in [0.29, 0.717) is 6.04 Å². The van der Waals surface area contributed by atoms with Gasteiger partial charge in [0.1, 0.15) is 0 Å². The maximum atomic E-state index is 10.4. The lowest BCUT2D eigenvalue weighted by molar-refractivity contribution is -0.138. The smallest absolute Gasteiger partial charge is 0.317 e. The van der Waals surface area contributed by atoms with Crippen LogP contribution in [0.15, 0.2) is 0 Å². The first-order chi connectivity index (χ1) is 5.70. The molecule has 2 N–H and O–H groups in total. The van der Waals surface area contributed by atoms with Gasteiger partial charge in [0.15, 0.2) is 0 Å². The minimum atomic E-state index is -0.747. The van der Waals surface area contributed by atoms with Gasteiger partial charge >= 0.3 is 5.97 Å². The van der Waals surface area contributed by atoms with E-state index in [1.54, 1.807) is 0 Å². The lowest BCUT2D eigenvalue weighted by Gasteiger charge is -2.30. The highest BCUT2D eigenvalue weighted by Gasteiger charge is 2.18. The Hall–Kier alpha value is -0.610. The zero-order valence-corrected chi connectivity index (χ0v) is 7.42. The second kappa shape index (κ2) is 4.42. The maximum absolute atomic E-state index is 10.4. The molecule has 1 heterocycles. The van der Waals surface area contributed by atoms with E-state index in [4.69, 9.17) is 5.11 Å². The predicted molar refractivity (Wildman–Crippen MR) is 46.2 cm³/mol. The molecule has 1 aliphatic rings. The average molecular weight is 172 g/mol. The van der Waals surface area contributed by atoms with Crippen molar-refractivity contribution in [1.29, 1.82) is 0 Å². The van der Waals surface area contributed by atoms with Gasteiger partial charge in [0.25, 0.3) is 0 Å². The molecule has 0 aromatic heterocycles. The van der Waals surface area contributed by atoms with Crippen LogP contribution in [0.5, 0.6) is 0 Å². The third-order valence-electron chi connectivity index (χ3n) is 2.28. The van der Waals surface area contributed by atoms with Crippen molar-refractivity contribution in [2.45, 2.75) is 18.9 Å². The fourth-order valence-electron chi connectivity index (χ4n) is 1.55. The molecule has 4 nitrogen and oxygen atoms in total. The Morgan fingerprint density at radius 2 is 2.50 bits per heavy atom. The van der Waals surface area contributed by atoms with E-state index < -0.39 is 5.97 Å². The Kier molecular flexibility index (Phi) is 3.49. The van der Waals surface area contributed by atoms with Crippen molar-refractivity contribution in [1.82, 2.24) is 10.2 Å². The number of carboxylic acid groups (broad SMARTS) is 1. The maximum Gasteiger partial charge on any atom is 0.317 e. The van der Waals surface area contributed by atoms with Gasteiger partial charge in [-0.15, -0.1) is 0 Å². The van der Waals surface area contributed by atoms with Gasteiger partial charge < -0.3 is 10.4 Å². The lowest BCUT2D eigenvalue weighted by atomic mass is 10.1. The van der Waals surface area contributed by atoms with Crippen LogP contribution >= 0.6 is 0 Å². The number of nitrogens with zero attached hydrogens (tertiary/aromatic N) is 1. The number of likely N-dealkylation sites (N-methyl/N-ethyl adjacent to an activating group) is 1. The van der Waals surface area contributed by atoms with Crippen molar-refractivity contribution in [3.05, 3.63) is 0 Å². The number of hydrogen-bond acceptors (Lipinski definition) is 3. The first kappa shape index (κ1) is 9.48. The van der Waals surface area contributed by atoms with Gasteiger partial charge in [-0.25, -0.2) is 0 Å². The van der Waals surface area contributed by atoms with Crippen molar-refractivity contribution in [3.8, 4) is 0 Å². The summed E-state index contributed by atoms with van der Waals surface area (Å²) in [5.74, 6) is -0.747. The molecular weight excluding hydrogens is 156 g/mol. The van der Waals surface area contributed by atoms with E-state index in [-0.39, 0.29) is 6.54 Å². The van der Waals surface area contributed by atoms with Gasteiger partial charge in [-0.2, -0.15) is 0 Å². The molecule has 1 saturated heterocycles. The van der Waals surface area contributed by atoms with Gasteiger partial charge in [0, 0.05) is 12.6 Å². The fraction of sp³-hybridized carbons (Fsp3) is 0.875. The summed E-state index contributed by atoms with van der Waals surface area (Å²) in [6.07, 6.45) is 2.26. The van der Waals surface area contributed by atoms with Crippen molar-refractivity contribution in [3.63, 3.8) is 0 Å². The SMILES string of the molecule is CN(CC(=O)O)C1CCCNC1. The molecule has 1 aliphatic heterocycles. The van der Waals surface area contributed by atoms with Gasteiger partial charge in [0.2, 0.25) is 0 Å². The molecule has 1 unspecified atom stereocenters. The zero-order chi connectivity index (χ0) is 8.97. The standard InChI is InChI=1S/C8H16N2O2/c1-10(6-8(11)12)7-3-2-4-9-5-7/h7,9H,2-6H2,1H3,(H,11,12). The van der Waals surface area contributed by atoms with Crippen LogP contribution in [0.4, 0.5) is 0 Å². The van der Waals surface area contributed by atoms with E-state index in [0.717, 1.165) is 25.9 Å². The molecule has 0 aliphatic carbocycles. The summed E-state index contributed by atoms with van der Waals surface area (Å²) in [6, 6.07) is 0.398. The number of carbonyl (C=O) groups is 1. The van der Waals surface area contributed by atoms with Crippen LogP contribution in [0, 0.1) is 0 Å². The van der Waals surface area contributed by atoms with Crippen molar-refractivity contribution >= 4 is 5.97 Å². The molecule has 1 rings (SSSR count). The average Bonchev–Trinajstić information content (AvgIpc) is 2.05. The lowest BCUT2D eigenvalue weighted by Crippen LogP contribution is -2.45. The van der Waals surface area contributed by atoms with Crippen molar-refractivity contribution in [2.75, 3.05) is 26.7 Å². The van der Waals surface area contributed by atoms with E-state index in [1.165, 1.54) is 0 Å². The van der Waals surface area contributed by atoms with Gasteiger partial charge in [-0.1, -0.05) is 0 Å². The van der Waals surface area contributed by atoms with E-state index >= 15 is 0 Å². The number of hydrogen-bond donors (Lipinski definition) is 2. The Bertz CT molecular complexity index is 155. The molecule has 70 valence electrons. The van der Waals surface area contributed by atoms with Gasteiger partial charge in [-0.05, 0) is 26.4 Å². The second-order valence-corrected chi connectivity index (χ2v) is 3.31. The molecule has 4 heteroatoms. The predicted octanol–water partition coefficient (Wildman–Crippen LogP) is -0.245. The summed E-state index contributed by atoms with van der Waals surface area (Å²) in [5, 5.41) is 11.8. The molecule has 1 fully saturated rings. The molecule has 0 amide bonds. The molecule has 0 bridgehead atoms. The molecule has 0 spiro atoms. The van der Waals surface area contributed by atoms with Gasteiger partial charge in [-0.3, -0.25) is 9.69 Å². The summed E-state index contributed by atoms with van der Waals surface area (Å²) in [5.41, 5.74) is 0. The van der Waals surface area contributed by atoms with Crippen LogP contribution in [0.3, 0.4) is 0 Å². The van der Waals surface area contributed by atoms with Crippen molar-refractivity contribution in [2.24, 2.45) is 0 Å². The minimum absolute atomic E-state index is 0.145. The summed E-state index contributed by atoms with van der Waals surface area (Å²) >= 11 is 0. The minimum Gasteiger partial charge on any atom is -0.480 e. The summed E-state index contributed by atoms with van der Waals surface area (Å²) in [7, 11) is 1.87. The van der Waals surface area contributed by atoms with Crippen LogP contribution in [0.25, 0.3) is 0 Å². The van der Waals surface area contributed by atoms with E-state index in [2.05, 4.69) is 5.32 Å². The Morgan fingerprint density at radius 1 is 1.75 bits per heavy atom. The number of piperidine rings is 1. The highest BCUT2D eigenvalue weighted by Crippen LogP contribution is 2.07. The Morgan fingerprint density at radius 3 is 3.00 bits per heavy atom. The number of nitrogens with one attached hydrogen (secondary N) is 1.